The molecule has 3 aromatic rings. The molecule has 0 aliphatic rings. The Morgan fingerprint density at radius 3 is 2.65 bits per heavy atom. The largest absolute Gasteiger partial charge is 0.477 e. The van der Waals surface area contributed by atoms with Gasteiger partial charge in [0.2, 0.25) is 0 Å². The number of fused-ring (bicyclic) bond motifs is 1. The van der Waals surface area contributed by atoms with E-state index in [1.807, 2.05) is 6.07 Å². The summed E-state index contributed by atoms with van der Waals surface area (Å²) in [5.74, 6) is -1.09. The minimum Gasteiger partial charge on any atom is -0.477 e. The van der Waals surface area contributed by atoms with Crippen molar-refractivity contribution in [3.63, 3.8) is 0 Å². The summed E-state index contributed by atoms with van der Waals surface area (Å²) in [7, 11) is 0. The summed E-state index contributed by atoms with van der Waals surface area (Å²) >= 11 is 5.96. The molecule has 1 N–H and O–H groups in total. The van der Waals surface area contributed by atoms with Gasteiger partial charge in [0, 0.05) is 34.6 Å². The monoisotopic (exact) mass is 330 g/mol. The molecule has 23 heavy (non-hydrogen) atoms. The van der Waals surface area contributed by atoms with Crippen LogP contribution in [0.1, 0.15) is 16.1 Å². The lowest BCUT2D eigenvalue weighted by Gasteiger charge is -2.09. The van der Waals surface area contributed by atoms with E-state index in [9.17, 15) is 20.0 Å². The summed E-state index contributed by atoms with van der Waals surface area (Å²) < 4.78 is 1.60. The third-order valence-corrected chi connectivity index (χ3v) is 3.78. The maximum atomic E-state index is 11.5. The van der Waals surface area contributed by atoms with Crippen molar-refractivity contribution in [1.29, 1.82) is 0 Å². The van der Waals surface area contributed by atoms with Crippen LogP contribution >= 0.6 is 11.6 Å². The fourth-order valence-corrected chi connectivity index (χ4v) is 2.75. The number of halogens is 1. The number of nitro benzene ring substituents is 1. The summed E-state index contributed by atoms with van der Waals surface area (Å²) in [6.45, 7) is 0.309. The van der Waals surface area contributed by atoms with Gasteiger partial charge in [-0.3, -0.25) is 10.1 Å². The second kappa shape index (κ2) is 5.73. The van der Waals surface area contributed by atoms with Crippen LogP contribution in [-0.4, -0.2) is 20.6 Å². The van der Waals surface area contributed by atoms with Gasteiger partial charge in [0.15, 0.2) is 0 Å². The second-order valence-corrected chi connectivity index (χ2v) is 5.49. The summed E-state index contributed by atoms with van der Waals surface area (Å²) in [5.41, 5.74) is 1.46. The van der Waals surface area contributed by atoms with Crippen LogP contribution in [0.15, 0.2) is 48.5 Å². The van der Waals surface area contributed by atoms with Crippen molar-refractivity contribution in [2.24, 2.45) is 0 Å². The fourth-order valence-electron chi connectivity index (χ4n) is 2.54. The minimum absolute atomic E-state index is 0.0699. The van der Waals surface area contributed by atoms with Crippen LogP contribution in [0.25, 0.3) is 10.9 Å². The molecule has 2 aromatic carbocycles. The van der Waals surface area contributed by atoms with Crippen molar-refractivity contribution in [3.8, 4) is 0 Å². The lowest BCUT2D eigenvalue weighted by molar-refractivity contribution is -0.384. The average Bonchev–Trinajstić information content (AvgIpc) is 2.85. The first-order valence-electron chi connectivity index (χ1n) is 6.71. The Kier molecular flexibility index (Phi) is 3.75. The molecule has 0 saturated heterocycles. The normalized spacial score (nSPS) is 10.8. The number of carboxylic acids is 1. The highest BCUT2D eigenvalue weighted by Crippen LogP contribution is 2.26. The molecule has 0 aliphatic heterocycles. The van der Waals surface area contributed by atoms with Crippen molar-refractivity contribution in [2.75, 3.05) is 0 Å². The summed E-state index contributed by atoms with van der Waals surface area (Å²) in [5, 5.41) is 21.3. The van der Waals surface area contributed by atoms with Gasteiger partial charge in [-0.1, -0.05) is 23.7 Å². The molecular formula is C16H11ClN2O4. The highest BCUT2D eigenvalue weighted by molar-refractivity contribution is 6.30. The topological polar surface area (TPSA) is 85.4 Å². The first-order chi connectivity index (χ1) is 11.0. The molecule has 0 saturated carbocycles. The highest BCUT2D eigenvalue weighted by Gasteiger charge is 2.17. The number of hydrogen-bond acceptors (Lipinski definition) is 3. The van der Waals surface area contributed by atoms with Gasteiger partial charge in [-0.2, -0.15) is 0 Å². The molecule has 1 heterocycles. The number of hydrogen-bond donors (Lipinski definition) is 1. The molecule has 0 aliphatic carbocycles. The smallest absolute Gasteiger partial charge is 0.352 e. The van der Waals surface area contributed by atoms with E-state index in [0.29, 0.717) is 22.5 Å². The van der Waals surface area contributed by atoms with Gasteiger partial charge in [-0.15, -0.1) is 0 Å². The number of rotatable bonds is 4. The molecule has 1 aromatic heterocycles. The zero-order valence-corrected chi connectivity index (χ0v) is 12.5. The zero-order chi connectivity index (χ0) is 16.6. The maximum absolute atomic E-state index is 11.5. The van der Waals surface area contributed by atoms with E-state index < -0.39 is 10.9 Å². The van der Waals surface area contributed by atoms with E-state index in [4.69, 9.17) is 11.6 Å². The van der Waals surface area contributed by atoms with Gasteiger partial charge in [0.05, 0.1) is 4.92 Å². The van der Waals surface area contributed by atoms with E-state index in [1.165, 1.54) is 18.2 Å². The molecule has 6 nitrogen and oxygen atoms in total. The van der Waals surface area contributed by atoms with Crippen LogP contribution in [0, 0.1) is 10.1 Å². The summed E-state index contributed by atoms with van der Waals surface area (Å²) in [6.07, 6.45) is 0. The quantitative estimate of drug-likeness (QED) is 0.579. The molecule has 3 rings (SSSR count). The second-order valence-electron chi connectivity index (χ2n) is 5.05. The van der Waals surface area contributed by atoms with Crippen molar-refractivity contribution < 1.29 is 14.8 Å². The zero-order valence-electron chi connectivity index (χ0n) is 11.8. The number of nitro groups is 1. The number of carboxylic acid groups (broad SMARTS) is 1. The Morgan fingerprint density at radius 2 is 2.00 bits per heavy atom. The minimum atomic E-state index is -1.09. The van der Waals surface area contributed by atoms with Crippen LogP contribution in [0.3, 0.4) is 0 Å². The van der Waals surface area contributed by atoms with Crippen LogP contribution < -0.4 is 0 Å². The Balaban J connectivity index is 2.15. The van der Waals surface area contributed by atoms with E-state index in [2.05, 4.69) is 0 Å². The molecule has 116 valence electrons. The predicted molar refractivity (Wildman–Crippen MR) is 86.1 cm³/mol. The molecule has 0 amide bonds. The number of aromatic nitrogens is 1. The Bertz CT molecular complexity index is 933. The third-order valence-electron chi connectivity index (χ3n) is 3.54. The number of aromatic carboxylic acids is 1. The van der Waals surface area contributed by atoms with Gasteiger partial charge in [-0.05, 0) is 29.8 Å². The summed E-state index contributed by atoms with van der Waals surface area (Å²) in [6, 6.07) is 12.9. The van der Waals surface area contributed by atoms with Crippen molar-refractivity contribution in [3.05, 3.63) is 74.9 Å². The van der Waals surface area contributed by atoms with Gasteiger partial charge < -0.3 is 9.67 Å². The third kappa shape index (κ3) is 2.89. The van der Waals surface area contributed by atoms with E-state index in [1.54, 1.807) is 28.8 Å². The molecule has 0 spiro atoms. The van der Waals surface area contributed by atoms with Crippen molar-refractivity contribution in [2.45, 2.75) is 6.54 Å². The molecule has 0 unspecified atom stereocenters. The summed E-state index contributed by atoms with van der Waals surface area (Å²) in [4.78, 5) is 21.8. The van der Waals surface area contributed by atoms with Gasteiger partial charge in [0.1, 0.15) is 5.69 Å². The number of benzene rings is 2. The number of non-ortho nitro benzene ring substituents is 1. The van der Waals surface area contributed by atoms with E-state index in [-0.39, 0.29) is 11.4 Å². The predicted octanol–water partition coefficient (Wildman–Crippen LogP) is 3.95. The highest BCUT2D eigenvalue weighted by atomic mass is 35.5. The molecule has 0 bridgehead atoms. The lowest BCUT2D eigenvalue weighted by Crippen LogP contribution is -2.09. The van der Waals surface area contributed by atoms with Crippen LogP contribution in [0.4, 0.5) is 5.69 Å². The standard InChI is InChI=1S/C16H11ClN2O4/c17-12-3-1-2-10(6-12)9-18-14-5-4-13(19(22)23)7-11(14)8-15(18)16(20)21/h1-8H,9H2,(H,20,21). The van der Waals surface area contributed by atoms with Gasteiger partial charge >= 0.3 is 5.97 Å². The van der Waals surface area contributed by atoms with Crippen molar-refractivity contribution >= 4 is 34.2 Å². The molecular weight excluding hydrogens is 320 g/mol. The van der Waals surface area contributed by atoms with Gasteiger partial charge in [0.25, 0.3) is 5.69 Å². The Labute approximate surface area is 135 Å². The van der Waals surface area contributed by atoms with Crippen molar-refractivity contribution in [1.82, 2.24) is 4.57 Å². The van der Waals surface area contributed by atoms with E-state index >= 15 is 0 Å². The maximum Gasteiger partial charge on any atom is 0.352 e. The van der Waals surface area contributed by atoms with E-state index in [0.717, 1.165) is 5.56 Å². The first kappa shape index (κ1) is 15.1. The molecule has 0 atom stereocenters. The van der Waals surface area contributed by atoms with Crippen LogP contribution in [-0.2, 0) is 6.54 Å². The van der Waals surface area contributed by atoms with Crippen LogP contribution in [0.5, 0.6) is 0 Å². The Morgan fingerprint density at radius 1 is 1.22 bits per heavy atom. The Hall–Kier alpha value is -2.86. The van der Waals surface area contributed by atoms with Crippen LogP contribution in [0.2, 0.25) is 5.02 Å². The SMILES string of the molecule is O=C(O)c1cc2cc([N+](=O)[O-])ccc2n1Cc1cccc(Cl)c1. The number of nitrogens with zero attached hydrogens (tertiary/aromatic N) is 2. The average molecular weight is 331 g/mol. The number of carbonyl (C=O) groups is 1. The molecule has 7 heteroatoms. The lowest BCUT2D eigenvalue weighted by atomic mass is 10.2. The molecule has 0 fully saturated rings. The fraction of sp³-hybridized carbons (Fsp3) is 0.0625. The first-order valence-corrected chi connectivity index (χ1v) is 7.09. The molecule has 0 radical (unpaired) electrons. The van der Waals surface area contributed by atoms with Gasteiger partial charge in [-0.25, -0.2) is 4.79 Å².